The zero-order valence-corrected chi connectivity index (χ0v) is 14.8. The van der Waals surface area contributed by atoms with Gasteiger partial charge in [0.05, 0.1) is 12.2 Å². The van der Waals surface area contributed by atoms with E-state index >= 15 is 0 Å². The molecule has 0 saturated heterocycles. The molecule has 3 aromatic rings. The average molecular weight is 355 g/mol. The molecule has 0 saturated carbocycles. The summed E-state index contributed by atoms with van der Waals surface area (Å²) in [5.74, 6) is 2.37. The highest BCUT2D eigenvalue weighted by Crippen LogP contribution is 2.23. The predicted octanol–water partition coefficient (Wildman–Crippen LogP) is 2.19. The number of nitrogens with one attached hydrogen (secondary N) is 1. The lowest BCUT2D eigenvalue weighted by Gasteiger charge is -2.16. The van der Waals surface area contributed by atoms with E-state index in [0.717, 1.165) is 48.7 Å². The predicted molar refractivity (Wildman–Crippen MR) is 93.9 cm³/mol. The van der Waals surface area contributed by atoms with Gasteiger partial charge in [-0.1, -0.05) is 19.0 Å². The molecule has 0 amide bonds. The number of nitrogens with zero attached hydrogens (tertiary/aromatic N) is 6. The van der Waals surface area contributed by atoms with E-state index in [1.165, 1.54) is 0 Å². The van der Waals surface area contributed by atoms with E-state index in [9.17, 15) is 0 Å². The van der Waals surface area contributed by atoms with Gasteiger partial charge >= 0.3 is 0 Å². The van der Waals surface area contributed by atoms with E-state index in [0.29, 0.717) is 18.4 Å². The number of hydrogen-bond donors (Lipinski definition) is 1. The van der Waals surface area contributed by atoms with Crippen LogP contribution in [0.1, 0.15) is 42.6 Å². The monoisotopic (exact) mass is 355 g/mol. The van der Waals surface area contributed by atoms with Crippen LogP contribution in [0.15, 0.2) is 27.7 Å². The molecule has 0 unspecified atom stereocenters. The summed E-state index contributed by atoms with van der Waals surface area (Å²) in [6.07, 6.45) is 4.78. The Morgan fingerprint density at radius 2 is 2.08 bits per heavy atom. The van der Waals surface area contributed by atoms with Crippen LogP contribution in [0.4, 0.5) is 11.8 Å². The van der Waals surface area contributed by atoms with Crippen molar-refractivity contribution in [1.29, 1.82) is 0 Å². The van der Waals surface area contributed by atoms with E-state index in [2.05, 4.69) is 35.5 Å². The first kappa shape index (κ1) is 16.5. The highest BCUT2D eigenvalue weighted by Gasteiger charge is 2.22. The van der Waals surface area contributed by atoms with Crippen molar-refractivity contribution < 1.29 is 9.05 Å². The van der Waals surface area contributed by atoms with Crippen molar-refractivity contribution in [3.8, 4) is 0 Å². The standard InChI is InChI=1S/C17H21N7O2/c1-11(2)16-21-17(23-26-16)24-6-3-13-14(4-7-24)19-10-20-15(13)18-9-12-5-8-25-22-12/h5,8,10-11H,3-4,6-7,9H2,1-2H3,(H,18,19,20). The minimum atomic E-state index is 0.221. The van der Waals surface area contributed by atoms with Gasteiger partial charge in [0.25, 0.3) is 5.95 Å². The fraction of sp³-hybridized carbons (Fsp3) is 0.471. The minimum absolute atomic E-state index is 0.221. The summed E-state index contributed by atoms with van der Waals surface area (Å²) in [5, 5.41) is 11.4. The fourth-order valence-electron chi connectivity index (χ4n) is 2.97. The molecule has 0 radical (unpaired) electrons. The highest BCUT2D eigenvalue weighted by atomic mass is 16.5. The van der Waals surface area contributed by atoms with E-state index in [1.807, 2.05) is 19.9 Å². The van der Waals surface area contributed by atoms with Crippen LogP contribution in [-0.4, -0.2) is 38.4 Å². The quantitative estimate of drug-likeness (QED) is 0.737. The molecule has 1 N–H and O–H groups in total. The molecule has 0 atom stereocenters. The normalized spacial score (nSPS) is 14.3. The second kappa shape index (κ2) is 7.11. The van der Waals surface area contributed by atoms with Crippen LogP contribution in [0.3, 0.4) is 0 Å². The zero-order chi connectivity index (χ0) is 17.9. The van der Waals surface area contributed by atoms with Crippen molar-refractivity contribution in [1.82, 2.24) is 25.3 Å². The topological polar surface area (TPSA) is 106 Å². The summed E-state index contributed by atoms with van der Waals surface area (Å²) >= 11 is 0. The molecule has 4 heterocycles. The maximum atomic E-state index is 5.34. The fourth-order valence-corrected chi connectivity index (χ4v) is 2.97. The molecule has 4 rings (SSSR count). The summed E-state index contributed by atoms with van der Waals surface area (Å²) in [6, 6.07) is 1.83. The first-order valence-corrected chi connectivity index (χ1v) is 8.75. The lowest BCUT2D eigenvalue weighted by atomic mass is 10.1. The van der Waals surface area contributed by atoms with Crippen molar-refractivity contribution in [2.24, 2.45) is 0 Å². The lowest BCUT2D eigenvalue weighted by Crippen LogP contribution is -2.27. The van der Waals surface area contributed by atoms with Crippen LogP contribution in [0.25, 0.3) is 0 Å². The summed E-state index contributed by atoms with van der Waals surface area (Å²) in [7, 11) is 0. The summed E-state index contributed by atoms with van der Waals surface area (Å²) in [4.78, 5) is 15.5. The van der Waals surface area contributed by atoms with Crippen LogP contribution in [0.5, 0.6) is 0 Å². The Morgan fingerprint density at radius 3 is 2.85 bits per heavy atom. The van der Waals surface area contributed by atoms with Gasteiger partial charge in [0.15, 0.2) is 0 Å². The SMILES string of the molecule is CC(C)c1nc(N2CCc3ncnc(NCc4ccon4)c3CC2)no1. The van der Waals surface area contributed by atoms with Crippen molar-refractivity contribution in [2.45, 2.75) is 39.2 Å². The van der Waals surface area contributed by atoms with E-state index in [4.69, 9.17) is 9.05 Å². The third-order valence-corrected chi connectivity index (χ3v) is 4.42. The van der Waals surface area contributed by atoms with Crippen LogP contribution >= 0.6 is 0 Å². The van der Waals surface area contributed by atoms with Crippen molar-refractivity contribution in [3.63, 3.8) is 0 Å². The Hall–Kier alpha value is -2.97. The Bertz CT molecular complexity index is 860. The Balaban J connectivity index is 1.49. The third kappa shape index (κ3) is 3.37. The van der Waals surface area contributed by atoms with Gasteiger partial charge in [0.2, 0.25) is 5.89 Å². The van der Waals surface area contributed by atoms with E-state index in [1.54, 1.807) is 12.6 Å². The van der Waals surface area contributed by atoms with Gasteiger partial charge in [0, 0.05) is 37.1 Å². The maximum Gasteiger partial charge on any atom is 0.266 e. The molecular formula is C17H21N7O2. The van der Waals surface area contributed by atoms with Gasteiger partial charge in [-0.3, -0.25) is 0 Å². The van der Waals surface area contributed by atoms with Crippen molar-refractivity contribution in [2.75, 3.05) is 23.3 Å². The Morgan fingerprint density at radius 1 is 1.19 bits per heavy atom. The lowest BCUT2D eigenvalue weighted by molar-refractivity contribution is 0.364. The van der Waals surface area contributed by atoms with Crippen LogP contribution in [0, 0.1) is 0 Å². The molecule has 9 nitrogen and oxygen atoms in total. The Labute approximate surface area is 150 Å². The number of anilines is 2. The molecule has 9 heteroatoms. The van der Waals surface area contributed by atoms with E-state index in [-0.39, 0.29) is 5.92 Å². The van der Waals surface area contributed by atoms with Gasteiger partial charge in [-0.25, -0.2) is 9.97 Å². The highest BCUT2D eigenvalue weighted by molar-refractivity contribution is 5.48. The van der Waals surface area contributed by atoms with Crippen molar-refractivity contribution in [3.05, 3.63) is 41.5 Å². The summed E-state index contributed by atoms with van der Waals surface area (Å²) in [6.45, 7) is 6.22. The average Bonchev–Trinajstić information content (AvgIpc) is 3.29. The van der Waals surface area contributed by atoms with Gasteiger partial charge < -0.3 is 19.3 Å². The number of hydrogen-bond acceptors (Lipinski definition) is 9. The van der Waals surface area contributed by atoms with Gasteiger partial charge in [-0.2, -0.15) is 4.98 Å². The molecule has 0 aliphatic carbocycles. The third-order valence-electron chi connectivity index (χ3n) is 4.42. The van der Waals surface area contributed by atoms with Gasteiger partial charge in [-0.05, 0) is 11.6 Å². The zero-order valence-electron chi connectivity index (χ0n) is 14.8. The second-order valence-corrected chi connectivity index (χ2v) is 6.57. The molecule has 136 valence electrons. The second-order valence-electron chi connectivity index (χ2n) is 6.57. The molecule has 0 aromatic carbocycles. The van der Waals surface area contributed by atoms with Crippen molar-refractivity contribution >= 4 is 11.8 Å². The molecule has 1 aliphatic heterocycles. The number of rotatable bonds is 5. The molecule has 0 spiro atoms. The summed E-state index contributed by atoms with van der Waals surface area (Å²) < 4.78 is 10.2. The molecule has 1 aliphatic rings. The molecular weight excluding hydrogens is 334 g/mol. The first-order valence-electron chi connectivity index (χ1n) is 8.75. The smallest absolute Gasteiger partial charge is 0.266 e. The van der Waals surface area contributed by atoms with Crippen LogP contribution in [0.2, 0.25) is 0 Å². The Kier molecular flexibility index (Phi) is 4.51. The number of aromatic nitrogens is 5. The first-order chi connectivity index (χ1) is 12.7. The minimum Gasteiger partial charge on any atom is -0.364 e. The number of fused-ring (bicyclic) bond motifs is 1. The molecule has 26 heavy (non-hydrogen) atoms. The maximum absolute atomic E-state index is 5.34. The summed E-state index contributed by atoms with van der Waals surface area (Å²) in [5.41, 5.74) is 3.02. The van der Waals surface area contributed by atoms with Gasteiger partial charge in [0.1, 0.15) is 24.1 Å². The molecule has 0 fully saturated rings. The van der Waals surface area contributed by atoms with Gasteiger partial charge in [-0.15, -0.1) is 0 Å². The largest absolute Gasteiger partial charge is 0.364 e. The van der Waals surface area contributed by atoms with Crippen LogP contribution in [-0.2, 0) is 19.4 Å². The molecule has 3 aromatic heterocycles. The van der Waals surface area contributed by atoms with E-state index < -0.39 is 0 Å². The van der Waals surface area contributed by atoms with Crippen LogP contribution < -0.4 is 10.2 Å². The molecule has 0 bridgehead atoms.